The molecule has 0 radical (unpaired) electrons. The molecule has 0 atom stereocenters. The smallest absolute Gasteiger partial charge is 0.285 e. The van der Waals surface area contributed by atoms with E-state index >= 15 is 0 Å². The first-order valence-electron chi connectivity index (χ1n) is 6.86. The number of thioether (sulfide) groups is 1. The molecule has 0 unspecified atom stereocenters. The second-order valence-corrected chi connectivity index (χ2v) is 8.09. The molecule has 0 fully saturated rings. The van der Waals surface area contributed by atoms with Gasteiger partial charge in [-0.15, -0.1) is 4.40 Å². The van der Waals surface area contributed by atoms with Crippen LogP contribution in [0.5, 0.6) is 0 Å². The largest absolute Gasteiger partial charge is 0.299 e. The van der Waals surface area contributed by atoms with Crippen LogP contribution in [0.4, 0.5) is 11.4 Å². The number of anilines is 1. The zero-order chi connectivity index (χ0) is 18.2. The van der Waals surface area contributed by atoms with E-state index in [0.717, 1.165) is 11.8 Å². The van der Waals surface area contributed by atoms with Crippen LogP contribution in [0.3, 0.4) is 0 Å². The molecule has 0 saturated carbocycles. The molecule has 0 amide bonds. The molecule has 1 aliphatic heterocycles. The fraction of sp³-hybridized carbons (Fsp3) is 0.0714. The van der Waals surface area contributed by atoms with Crippen LogP contribution in [0.25, 0.3) is 0 Å². The fourth-order valence-electron chi connectivity index (χ4n) is 2.04. The van der Waals surface area contributed by atoms with Gasteiger partial charge in [0.1, 0.15) is 4.90 Å². The summed E-state index contributed by atoms with van der Waals surface area (Å²) >= 11 is 7.17. The third-order valence-corrected chi connectivity index (χ3v) is 6.22. The van der Waals surface area contributed by atoms with E-state index in [9.17, 15) is 18.5 Å². The van der Waals surface area contributed by atoms with Crippen LogP contribution in [0.1, 0.15) is 5.56 Å². The van der Waals surface area contributed by atoms with E-state index in [4.69, 9.17) is 11.6 Å². The highest BCUT2D eigenvalue weighted by Crippen LogP contribution is 2.36. The van der Waals surface area contributed by atoms with Gasteiger partial charge in [0, 0.05) is 22.1 Å². The van der Waals surface area contributed by atoms with Crippen LogP contribution >= 0.6 is 23.4 Å². The first-order chi connectivity index (χ1) is 11.8. The lowest BCUT2D eigenvalue weighted by Crippen LogP contribution is -2.29. The molecule has 2 aromatic rings. The lowest BCUT2D eigenvalue weighted by molar-refractivity contribution is -0.384. The molecule has 25 heavy (non-hydrogen) atoms. The summed E-state index contributed by atoms with van der Waals surface area (Å²) in [6.07, 6.45) is 0. The van der Waals surface area contributed by atoms with Crippen LogP contribution in [-0.2, 0) is 10.0 Å². The molecule has 0 bridgehead atoms. The zero-order valence-electron chi connectivity index (χ0n) is 12.7. The molecule has 8 nitrogen and oxygen atoms in total. The summed E-state index contributed by atoms with van der Waals surface area (Å²) in [4.78, 5) is 10.7. The Morgan fingerprint density at radius 3 is 2.52 bits per heavy atom. The monoisotopic (exact) mass is 398 g/mol. The van der Waals surface area contributed by atoms with Crippen molar-refractivity contribution in [1.29, 1.82) is 0 Å². The lowest BCUT2D eigenvalue weighted by Gasteiger charge is -2.18. The Balaban J connectivity index is 1.79. The predicted molar refractivity (Wildman–Crippen MR) is 96.5 cm³/mol. The molecule has 0 aliphatic carbocycles. The molecule has 11 heteroatoms. The van der Waals surface area contributed by atoms with Crippen molar-refractivity contribution in [3.05, 3.63) is 57.1 Å². The Kier molecular flexibility index (Phi) is 4.58. The van der Waals surface area contributed by atoms with E-state index in [1.165, 1.54) is 30.3 Å². The van der Waals surface area contributed by atoms with Crippen molar-refractivity contribution in [3.63, 3.8) is 0 Å². The second-order valence-electron chi connectivity index (χ2n) is 5.08. The minimum absolute atomic E-state index is 0.0450. The summed E-state index contributed by atoms with van der Waals surface area (Å²) in [5.41, 5.74) is 6.56. The second kappa shape index (κ2) is 6.54. The Hall–Kier alpha value is -2.30. The number of hydrogen-bond donors (Lipinski definition) is 2. The van der Waals surface area contributed by atoms with E-state index < -0.39 is 14.9 Å². The normalized spacial score (nSPS) is 15.0. The Bertz CT molecular complexity index is 991. The molecule has 130 valence electrons. The van der Waals surface area contributed by atoms with Gasteiger partial charge in [-0.3, -0.25) is 21.0 Å². The molecule has 0 saturated heterocycles. The van der Waals surface area contributed by atoms with Gasteiger partial charge >= 0.3 is 0 Å². The SMILES string of the molecule is Cc1cc2c(cc1Cl)SC(NNc1ccc([N+](=O)[O-])cc1)=NS2(=O)=O. The number of non-ortho nitro benzene ring substituents is 1. The number of hydrogen-bond acceptors (Lipinski definition) is 7. The van der Waals surface area contributed by atoms with Crippen LogP contribution in [0.15, 0.2) is 50.6 Å². The summed E-state index contributed by atoms with van der Waals surface area (Å²) < 4.78 is 28.3. The first kappa shape index (κ1) is 17.5. The van der Waals surface area contributed by atoms with Gasteiger partial charge < -0.3 is 0 Å². The number of halogens is 1. The minimum atomic E-state index is -3.84. The fourth-order valence-corrected chi connectivity index (χ4v) is 4.80. The number of sulfonamides is 1. The third kappa shape index (κ3) is 3.70. The summed E-state index contributed by atoms with van der Waals surface area (Å²) in [7, 11) is -3.84. The van der Waals surface area contributed by atoms with Crippen molar-refractivity contribution in [2.75, 3.05) is 5.43 Å². The topological polar surface area (TPSA) is 114 Å². The number of amidine groups is 1. The molecule has 2 N–H and O–H groups in total. The molecule has 0 aromatic heterocycles. The van der Waals surface area contributed by atoms with E-state index in [1.54, 1.807) is 13.0 Å². The Labute approximate surface area is 152 Å². The molecular formula is C14H11ClN4O4S2. The van der Waals surface area contributed by atoms with Crippen molar-refractivity contribution < 1.29 is 13.3 Å². The van der Waals surface area contributed by atoms with Crippen LogP contribution < -0.4 is 10.9 Å². The van der Waals surface area contributed by atoms with Crippen molar-refractivity contribution in [3.8, 4) is 0 Å². The van der Waals surface area contributed by atoms with Gasteiger partial charge in [0.05, 0.1) is 10.6 Å². The maximum Gasteiger partial charge on any atom is 0.285 e. The highest BCUT2D eigenvalue weighted by molar-refractivity contribution is 8.15. The van der Waals surface area contributed by atoms with E-state index in [0.29, 0.717) is 21.2 Å². The number of nitrogens with zero attached hydrogens (tertiary/aromatic N) is 2. The number of aryl methyl sites for hydroxylation is 1. The number of nitrogens with one attached hydrogen (secondary N) is 2. The van der Waals surface area contributed by atoms with Gasteiger partial charge in [-0.25, -0.2) is 0 Å². The number of hydrazine groups is 1. The van der Waals surface area contributed by atoms with Gasteiger partial charge in [-0.1, -0.05) is 11.6 Å². The van der Waals surface area contributed by atoms with Crippen molar-refractivity contribution >= 4 is 49.9 Å². The quantitative estimate of drug-likeness (QED) is 0.602. The van der Waals surface area contributed by atoms with Gasteiger partial charge in [-0.2, -0.15) is 8.42 Å². The Morgan fingerprint density at radius 2 is 1.88 bits per heavy atom. The standard InChI is InChI=1S/C14H11ClN4O4S2/c1-8-6-13-12(7-11(8)15)24-14(18-25(13,22)23)17-16-9-2-4-10(5-3-9)19(20)21/h2-7,16H,1H3,(H,17,18). The average Bonchev–Trinajstić information content (AvgIpc) is 2.55. The van der Waals surface area contributed by atoms with Gasteiger partial charge in [0.2, 0.25) is 0 Å². The zero-order valence-corrected chi connectivity index (χ0v) is 15.1. The predicted octanol–water partition coefficient (Wildman–Crippen LogP) is 3.32. The maximum atomic E-state index is 12.3. The number of benzene rings is 2. The van der Waals surface area contributed by atoms with Gasteiger partial charge in [0.15, 0.2) is 5.17 Å². The van der Waals surface area contributed by atoms with E-state index in [1.807, 2.05) is 0 Å². The summed E-state index contributed by atoms with van der Waals surface area (Å²) in [6, 6.07) is 8.70. The van der Waals surface area contributed by atoms with Crippen LogP contribution in [0, 0.1) is 17.0 Å². The van der Waals surface area contributed by atoms with Crippen molar-refractivity contribution in [2.24, 2.45) is 4.40 Å². The molecule has 1 aliphatic rings. The van der Waals surface area contributed by atoms with E-state index in [-0.39, 0.29) is 15.8 Å². The highest BCUT2D eigenvalue weighted by atomic mass is 35.5. The number of fused-ring (bicyclic) bond motifs is 1. The highest BCUT2D eigenvalue weighted by Gasteiger charge is 2.27. The summed E-state index contributed by atoms with van der Waals surface area (Å²) in [5.74, 6) is 0. The molecular weight excluding hydrogens is 388 g/mol. The molecule has 2 aromatic carbocycles. The third-order valence-electron chi connectivity index (χ3n) is 3.30. The first-order valence-corrected chi connectivity index (χ1v) is 9.49. The lowest BCUT2D eigenvalue weighted by atomic mass is 10.2. The molecule has 3 rings (SSSR count). The van der Waals surface area contributed by atoms with Crippen LogP contribution in [-0.4, -0.2) is 18.5 Å². The average molecular weight is 399 g/mol. The summed E-state index contributed by atoms with van der Waals surface area (Å²) in [6.45, 7) is 1.72. The number of rotatable bonds is 3. The van der Waals surface area contributed by atoms with Crippen LogP contribution in [0.2, 0.25) is 5.02 Å². The van der Waals surface area contributed by atoms with Gasteiger partial charge in [0.25, 0.3) is 15.7 Å². The van der Waals surface area contributed by atoms with Crippen molar-refractivity contribution in [1.82, 2.24) is 5.43 Å². The molecule has 1 heterocycles. The number of nitro groups is 1. The maximum absolute atomic E-state index is 12.3. The minimum Gasteiger partial charge on any atom is -0.299 e. The number of nitro benzene ring substituents is 1. The molecule has 0 spiro atoms. The van der Waals surface area contributed by atoms with Crippen molar-refractivity contribution in [2.45, 2.75) is 16.7 Å². The Morgan fingerprint density at radius 1 is 1.20 bits per heavy atom. The van der Waals surface area contributed by atoms with Gasteiger partial charge in [-0.05, 0) is 48.5 Å². The summed E-state index contributed by atoms with van der Waals surface area (Å²) in [5, 5.41) is 11.2. The van der Waals surface area contributed by atoms with E-state index in [2.05, 4.69) is 15.2 Å².